The number of halogens is 1. The van der Waals surface area contributed by atoms with Gasteiger partial charge >= 0.3 is 5.97 Å². The monoisotopic (exact) mass is 272 g/mol. The van der Waals surface area contributed by atoms with E-state index in [1.165, 1.54) is 0 Å². The van der Waals surface area contributed by atoms with Gasteiger partial charge in [-0.15, -0.1) is 0 Å². The Morgan fingerprint density at radius 3 is 2.73 bits per heavy atom. The molecule has 0 N–H and O–H groups in total. The smallest absolute Gasteiger partial charge is 0.340 e. The Balaban J connectivity index is 1.98. The Bertz CT molecular complexity index is 343. The quantitative estimate of drug-likeness (QED) is 0.772. The summed E-state index contributed by atoms with van der Waals surface area (Å²) >= 11 is 3.29. The summed E-state index contributed by atoms with van der Waals surface area (Å²) in [6.07, 6.45) is -0.582. The van der Waals surface area contributed by atoms with Gasteiger partial charge in [0, 0.05) is 4.47 Å². The van der Waals surface area contributed by atoms with Crippen molar-refractivity contribution in [1.29, 1.82) is 0 Å². The number of rotatable bonds is 2. The highest BCUT2D eigenvalue weighted by atomic mass is 79.9. The van der Waals surface area contributed by atoms with E-state index in [2.05, 4.69) is 15.9 Å². The summed E-state index contributed by atoms with van der Waals surface area (Å²) in [6.45, 7) is 0.473. The first-order valence-corrected chi connectivity index (χ1v) is 5.21. The molecular weight excluding hydrogens is 264 g/mol. The molecule has 1 saturated heterocycles. The van der Waals surface area contributed by atoms with Crippen molar-refractivity contribution in [3.05, 3.63) is 34.3 Å². The Labute approximate surface area is 95.3 Å². The maximum Gasteiger partial charge on any atom is 0.340 e. The highest BCUT2D eigenvalue weighted by Crippen LogP contribution is 2.13. The molecule has 1 fully saturated rings. The van der Waals surface area contributed by atoms with Crippen LogP contribution in [0.15, 0.2) is 28.7 Å². The maximum atomic E-state index is 11.5. The lowest BCUT2D eigenvalue weighted by atomic mass is 10.2. The molecule has 5 heteroatoms. The van der Waals surface area contributed by atoms with E-state index < -0.39 is 12.3 Å². The molecule has 0 bridgehead atoms. The van der Waals surface area contributed by atoms with Crippen LogP contribution in [0.2, 0.25) is 0 Å². The van der Waals surface area contributed by atoms with E-state index in [0.717, 1.165) is 4.47 Å². The second-order valence-corrected chi connectivity index (χ2v) is 3.91. The lowest BCUT2D eigenvalue weighted by molar-refractivity contribution is -0.0752. The average Bonchev–Trinajstić information content (AvgIpc) is 2.71. The molecule has 80 valence electrons. The molecule has 0 spiro atoms. The number of benzene rings is 1. The topological polar surface area (TPSA) is 44.8 Å². The predicted molar refractivity (Wildman–Crippen MR) is 55.2 cm³/mol. The molecule has 1 unspecified atom stereocenters. The molecule has 2 rings (SSSR count). The minimum absolute atomic E-state index is 0.179. The van der Waals surface area contributed by atoms with Gasteiger partial charge in [0.25, 0.3) is 0 Å². The van der Waals surface area contributed by atoms with Gasteiger partial charge in [0.1, 0.15) is 6.61 Å². The van der Waals surface area contributed by atoms with Crippen LogP contribution in [0.3, 0.4) is 0 Å². The first-order valence-electron chi connectivity index (χ1n) is 4.41. The molecule has 0 aliphatic carbocycles. The molecule has 0 aromatic heterocycles. The van der Waals surface area contributed by atoms with Gasteiger partial charge in [-0.25, -0.2) is 4.79 Å². The van der Waals surface area contributed by atoms with Crippen LogP contribution < -0.4 is 0 Å². The lowest BCUT2D eigenvalue weighted by Gasteiger charge is -2.09. The van der Waals surface area contributed by atoms with Gasteiger partial charge in [0.05, 0.1) is 5.56 Å². The molecule has 0 radical (unpaired) electrons. The van der Waals surface area contributed by atoms with Crippen LogP contribution in [-0.4, -0.2) is 25.7 Å². The summed E-state index contributed by atoms with van der Waals surface area (Å²) < 4.78 is 15.9. The van der Waals surface area contributed by atoms with Crippen molar-refractivity contribution in [2.75, 3.05) is 13.4 Å². The molecule has 15 heavy (non-hydrogen) atoms. The van der Waals surface area contributed by atoms with Crippen LogP contribution in [0.5, 0.6) is 0 Å². The highest BCUT2D eigenvalue weighted by molar-refractivity contribution is 9.10. The highest BCUT2D eigenvalue weighted by Gasteiger charge is 2.21. The summed E-state index contributed by atoms with van der Waals surface area (Å²) in [4.78, 5) is 11.5. The van der Waals surface area contributed by atoms with Gasteiger partial charge in [0.15, 0.2) is 6.79 Å². The Hall–Kier alpha value is -0.910. The predicted octanol–water partition coefficient (Wildman–Crippen LogP) is 1.94. The summed E-state index contributed by atoms with van der Waals surface area (Å²) in [5, 5.41) is 0. The van der Waals surface area contributed by atoms with Crippen molar-refractivity contribution in [2.24, 2.45) is 0 Å². The second-order valence-electron chi connectivity index (χ2n) is 3.00. The van der Waals surface area contributed by atoms with Crippen molar-refractivity contribution < 1.29 is 19.0 Å². The molecule has 0 saturated carbocycles. The largest absolute Gasteiger partial charge is 0.429 e. The second kappa shape index (κ2) is 4.74. The minimum atomic E-state index is -0.582. The number of hydrogen-bond donors (Lipinski definition) is 0. The van der Waals surface area contributed by atoms with E-state index >= 15 is 0 Å². The summed E-state index contributed by atoms with van der Waals surface area (Å²) in [5.41, 5.74) is 0.494. The molecule has 1 aromatic carbocycles. The summed E-state index contributed by atoms with van der Waals surface area (Å²) in [5.74, 6) is -0.405. The molecule has 1 heterocycles. The lowest BCUT2D eigenvalue weighted by Crippen LogP contribution is -2.19. The van der Waals surface area contributed by atoms with Crippen LogP contribution in [0.4, 0.5) is 0 Å². The van der Waals surface area contributed by atoms with Gasteiger partial charge in [0.2, 0.25) is 6.29 Å². The van der Waals surface area contributed by atoms with Gasteiger partial charge < -0.3 is 14.2 Å². The average molecular weight is 273 g/mol. The number of hydrogen-bond acceptors (Lipinski definition) is 4. The number of esters is 1. The maximum absolute atomic E-state index is 11.5. The normalized spacial score (nSPS) is 20.2. The van der Waals surface area contributed by atoms with Gasteiger partial charge in [-0.2, -0.15) is 0 Å². The van der Waals surface area contributed by atoms with E-state index in [0.29, 0.717) is 12.2 Å². The van der Waals surface area contributed by atoms with Gasteiger partial charge in [-0.3, -0.25) is 0 Å². The summed E-state index contributed by atoms with van der Waals surface area (Å²) in [7, 11) is 0. The van der Waals surface area contributed by atoms with Crippen LogP contribution in [-0.2, 0) is 14.2 Å². The fraction of sp³-hybridized carbons (Fsp3) is 0.300. The third-order valence-corrected chi connectivity index (χ3v) is 2.44. The first kappa shape index (κ1) is 10.6. The van der Waals surface area contributed by atoms with E-state index in [4.69, 9.17) is 14.2 Å². The zero-order chi connectivity index (χ0) is 10.7. The molecular formula is C10H9BrO4. The van der Waals surface area contributed by atoms with E-state index in [9.17, 15) is 4.79 Å². The van der Waals surface area contributed by atoms with E-state index in [-0.39, 0.29) is 6.79 Å². The molecule has 1 atom stereocenters. The first-order chi connectivity index (χ1) is 7.25. The Morgan fingerprint density at radius 1 is 1.40 bits per heavy atom. The van der Waals surface area contributed by atoms with Crippen molar-refractivity contribution >= 4 is 21.9 Å². The van der Waals surface area contributed by atoms with Crippen LogP contribution in [0.1, 0.15) is 10.4 Å². The van der Waals surface area contributed by atoms with Crippen LogP contribution in [0, 0.1) is 0 Å². The fourth-order valence-corrected chi connectivity index (χ4v) is 1.42. The Morgan fingerprint density at radius 2 is 2.13 bits per heavy atom. The molecule has 1 aliphatic rings. The SMILES string of the molecule is O=C(OC1COCO1)c1ccc(Br)cc1. The van der Waals surface area contributed by atoms with Crippen molar-refractivity contribution in [2.45, 2.75) is 6.29 Å². The minimum Gasteiger partial charge on any atom is -0.429 e. The zero-order valence-corrected chi connectivity index (χ0v) is 9.40. The van der Waals surface area contributed by atoms with Crippen LogP contribution >= 0.6 is 15.9 Å². The molecule has 0 amide bonds. The summed E-state index contributed by atoms with van der Waals surface area (Å²) in [6, 6.07) is 6.93. The number of ether oxygens (including phenoxy) is 3. The number of carbonyl (C=O) groups is 1. The van der Waals surface area contributed by atoms with Crippen molar-refractivity contribution in [3.63, 3.8) is 0 Å². The van der Waals surface area contributed by atoms with Gasteiger partial charge in [-0.1, -0.05) is 15.9 Å². The Kier molecular flexibility index (Phi) is 3.35. The zero-order valence-electron chi connectivity index (χ0n) is 7.81. The third-order valence-electron chi connectivity index (χ3n) is 1.91. The van der Waals surface area contributed by atoms with Crippen LogP contribution in [0.25, 0.3) is 0 Å². The van der Waals surface area contributed by atoms with Gasteiger partial charge in [-0.05, 0) is 24.3 Å². The standard InChI is InChI=1S/C10H9BrO4/c11-8-3-1-7(2-4-8)10(12)15-9-5-13-6-14-9/h1-4,9H,5-6H2. The van der Waals surface area contributed by atoms with E-state index in [1.807, 2.05) is 0 Å². The van der Waals surface area contributed by atoms with Crippen molar-refractivity contribution in [1.82, 2.24) is 0 Å². The van der Waals surface area contributed by atoms with E-state index in [1.54, 1.807) is 24.3 Å². The van der Waals surface area contributed by atoms with Crippen molar-refractivity contribution in [3.8, 4) is 0 Å². The molecule has 1 aromatic rings. The third kappa shape index (κ3) is 2.77. The molecule has 4 nitrogen and oxygen atoms in total. The molecule has 1 aliphatic heterocycles. The number of carbonyl (C=O) groups excluding carboxylic acids is 1. The fourth-order valence-electron chi connectivity index (χ4n) is 1.16.